The van der Waals surface area contributed by atoms with E-state index in [0.717, 1.165) is 5.56 Å². The number of piperazine rings is 1. The van der Waals surface area contributed by atoms with Crippen LogP contribution in [0.1, 0.15) is 40.3 Å². The minimum atomic E-state index is -0.616. The number of carbonyl (C=O) groups is 3. The summed E-state index contributed by atoms with van der Waals surface area (Å²) in [6, 6.07) is 10.0. The molecule has 0 bridgehead atoms. The molecule has 1 aromatic carbocycles. The molecule has 3 rings (SSSR count). The van der Waals surface area contributed by atoms with Gasteiger partial charge in [-0.3, -0.25) is 14.4 Å². The number of amides is 3. The van der Waals surface area contributed by atoms with Gasteiger partial charge >= 0.3 is 0 Å². The van der Waals surface area contributed by atoms with E-state index in [1.54, 1.807) is 28.0 Å². The molecule has 1 atom stereocenters. The molecule has 2 heterocycles. The van der Waals surface area contributed by atoms with Crippen molar-refractivity contribution in [3.63, 3.8) is 0 Å². The summed E-state index contributed by atoms with van der Waals surface area (Å²) in [5.74, 6) is -0.294. The van der Waals surface area contributed by atoms with Gasteiger partial charge in [-0.25, -0.2) is 0 Å². The third kappa shape index (κ3) is 4.67. The van der Waals surface area contributed by atoms with Crippen LogP contribution < -0.4 is 5.32 Å². The van der Waals surface area contributed by atoms with Gasteiger partial charge in [-0.15, -0.1) is 0 Å². The number of nitrogens with one attached hydrogen (secondary N) is 1. The standard InChI is InChI=1S/C22H27N3O4/c1-15(2)19(23-20(26)17-8-5-4-7-16(17)3)22(28)25-12-10-24(11-13-25)21(27)18-9-6-14-29-18/h4-9,14-15,19H,10-13H2,1-3H3,(H,23,26). The Morgan fingerprint density at radius 2 is 1.62 bits per heavy atom. The number of furan rings is 1. The van der Waals surface area contributed by atoms with Crippen molar-refractivity contribution in [2.45, 2.75) is 26.8 Å². The summed E-state index contributed by atoms with van der Waals surface area (Å²) in [6.45, 7) is 7.41. The molecule has 0 spiro atoms. The van der Waals surface area contributed by atoms with Crippen LogP contribution in [0.25, 0.3) is 0 Å². The van der Waals surface area contributed by atoms with Crippen LogP contribution in [0, 0.1) is 12.8 Å². The molecule has 1 aliphatic rings. The van der Waals surface area contributed by atoms with E-state index in [-0.39, 0.29) is 23.6 Å². The third-order valence-electron chi connectivity index (χ3n) is 5.22. The lowest BCUT2D eigenvalue weighted by Gasteiger charge is -2.37. The highest BCUT2D eigenvalue weighted by Crippen LogP contribution is 2.14. The van der Waals surface area contributed by atoms with Crippen LogP contribution in [0.5, 0.6) is 0 Å². The summed E-state index contributed by atoms with van der Waals surface area (Å²) in [4.78, 5) is 41.6. The first-order valence-electron chi connectivity index (χ1n) is 9.86. The van der Waals surface area contributed by atoms with Crippen molar-refractivity contribution in [2.24, 2.45) is 5.92 Å². The fraction of sp³-hybridized carbons (Fsp3) is 0.409. The lowest BCUT2D eigenvalue weighted by Crippen LogP contribution is -2.57. The molecule has 1 unspecified atom stereocenters. The first-order valence-corrected chi connectivity index (χ1v) is 9.86. The molecule has 7 nitrogen and oxygen atoms in total. The Balaban J connectivity index is 1.62. The van der Waals surface area contributed by atoms with E-state index in [4.69, 9.17) is 4.42 Å². The minimum absolute atomic E-state index is 0.0572. The second kappa shape index (κ2) is 8.94. The maximum Gasteiger partial charge on any atom is 0.289 e. The molecule has 1 N–H and O–H groups in total. The molecule has 1 saturated heterocycles. The summed E-state index contributed by atoms with van der Waals surface area (Å²) in [6.07, 6.45) is 1.47. The Labute approximate surface area is 170 Å². The van der Waals surface area contributed by atoms with Crippen LogP contribution >= 0.6 is 0 Å². The second-order valence-corrected chi connectivity index (χ2v) is 7.60. The largest absolute Gasteiger partial charge is 0.459 e. The fourth-order valence-electron chi connectivity index (χ4n) is 3.44. The number of rotatable bonds is 5. The molecule has 1 aromatic heterocycles. The number of hydrogen-bond acceptors (Lipinski definition) is 4. The molecule has 0 radical (unpaired) electrons. The summed E-state index contributed by atoms with van der Waals surface area (Å²) in [5, 5.41) is 2.90. The van der Waals surface area contributed by atoms with E-state index < -0.39 is 6.04 Å². The van der Waals surface area contributed by atoms with E-state index in [1.807, 2.05) is 39.0 Å². The van der Waals surface area contributed by atoms with Gasteiger partial charge in [0.1, 0.15) is 6.04 Å². The van der Waals surface area contributed by atoms with Crippen LogP contribution in [0.2, 0.25) is 0 Å². The Morgan fingerprint density at radius 1 is 0.966 bits per heavy atom. The summed E-state index contributed by atoms with van der Waals surface area (Å²) in [5.41, 5.74) is 1.44. The number of aryl methyl sites for hydroxylation is 1. The number of benzene rings is 1. The topological polar surface area (TPSA) is 82.9 Å². The van der Waals surface area contributed by atoms with Crippen molar-refractivity contribution in [1.82, 2.24) is 15.1 Å². The molecule has 7 heteroatoms. The van der Waals surface area contributed by atoms with Crippen molar-refractivity contribution in [3.05, 3.63) is 59.5 Å². The molecule has 29 heavy (non-hydrogen) atoms. The van der Waals surface area contributed by atoms with Gasteiger partial charge in [-0.2, -0.15) is 0 Å². The van der Waals surface area contributed by atoms with Crippen molar-refractivity contribution in [2.75, 3.05) is 26.2 Å². The van der Waals surface area contributed by atoms with E-state index in [1.165, 1.54) is 6.26 Å². The first kappa shape index (κ1) is 20.6. The van der Waals surface area contributed by atoms with Crippen LogP contribution in [0.15, 0.2) is 47.1 Å². The predicted octanol–water partition coefficient (Wildman–Crippen LogP) is 2.33. The van der Waals surface area contributed by atoms with Gasteiger partial charge in [0.25, 0.3) is 11.8 Å². The molecule has 0 saturated carbocycles. The van der Waals surface area contributed by atoms with Crippen LogP contribution in [0.3, 0.4) is 0 Å². The van der Waals surface area contributed by atoms with Crippen LogP contribution in [-0.2, 0) is 4.79 Å². The Hall–Kier alpha value is -3.09. The van der Waals surface area contributed by atoms with Gasteiger partial charge < -0.3 is 19.5 Å². The number of carbonyl (C=O) groups excluding carboxylic acids is 3. The van der Waals surface area contributed by atoms with Crippen molar-refractivity contribution < 1.29 is 18.8 Å². The summed E-state index contributed by atoms with van der Waals surface area (Å²) >= 11 is 0. The second-order valence-electron chi connectivity index (χ2n) is 7.60. The van der Waals surface area contributed by atoms with Gasteiger partial charge in [-0.05, 0) is 36.6 Å². The van der Waals surface area contributed by atoms with Gasteiger partial charge in [0.15, 0.2) is 5.76 Å². The normalized spacial score (nSPS) is 15.3. The molecule has 1 aliphatic heterocycles. The Kier molecular flexibility index (Phi) is 6.36. The van der Waals surface area contributed by atoms with E-state index in [2.05, 4.69) is 5.32 Å². The molecule has 0 aliphatic carbocycles. The van der Waals surface area contributed by atoms with E-state index in [9.17, 15) is 14.4 Å². The van der Waals surface area contributed by atoms with Gasteiger partial charge in [-0.1, -0.05) is 32.0 Å². The van der Waals surface area contributed by atoms with Crippen molar-refractivity contribution >= 4 is 17.7 Å². The fourth-order valence-corrected chi connectivity index (χ4v) is 3.44. The van der Waals surface area contributed by atoms with E-state index in [0.29, 0.717) is 37.5 Å². The lowest BCUT2D eigenvalue weighted by atomic mass is 10.0. The minimum Gasteiger partial charge on any atom is -0.459 e. The smallest absolute Gasteiger partial charge is 0.289 e. The maximum atomic E-state index is 13.1. The molecule has 154 valence electrons. The summed E-state index contributed by atoms with van der Waals surface area (Å²) in [7, 11) is 0. The van der Waals surface area contributed by atoms with Crippen molar-refractivity contribution in [3.8, 4) is 0 Å². The Bertz CT molecular complexity index is 868. The quantitative estimate of drug-likeness (QED) is 0.839. The maximum absolute atomic E-state index is 13.1. The number of nitrogens with zero attached hydrogens (tertiary/aromatic N) is 2. The molecular formula is C22H27N3O4. The van der Waals surface area contributed by atoms with E-state index >= 15 is 0 Å². The van der Waals surface area contributed by atoms with Crippen molar-refractivity contribution in [1.29, 1.82) is 0 Å². The third-order valence-corrected chi connectivity index (χ3v) is 5.22. The predicted molar refractivity (Wildman–Crippen MR) is 108 cm³/mol. The zero-order chi connectivity index (χ0) is 21.0. The summed E-state index contributed by atoms with van der Waals surface area (Å²) < 4.78 is 5.17. The first-order chi connectivity index (χ1) is 13.9. The monoisotopic (exact) mass is 397 g/mol. The SMILES string of the molecule is Cc1ccccc1C(=O)NC(C(=O)N1CCN(C(=O)c2ccco2)CC1)C(C)C. The molecule has 2 aromatic rings. The van der Waals surface area contributed by atoms with Gasteiger partial charge in [0, 0.05) is 31.7 Å². The lowest BCUT2D eigenvalue weighted by molar-refractivity contribution is -0.135. The highest BCUT2D eigenvalue weighted by Gasteiger charge is 2.32. The van der Waals surface area contributed by atoms with Crippen LogP contribution in [0.4, 0.5) is 0 Å². The highest BCUT2D eigenvalue weighted by atomic mass is 16.3. The molecule has 1 fully saturated rings. The average Bonchev–Trinajstić information content (AvgIpc) is 3.26. The average molecular weight is 397 g/mol. The zero-order valence-electron chi connectivity index (χ0n) is 17.1. The zero-order valence-corrected chi connectivity index (χ0v) is 17.1. The molecule has 3 amide bonds. The van der Waals surface area contributed by atoms with Crippen LogP contribution in [-0.4, -0.2) is 59.7 Å². The van der Waals surface area contributed by atoms with Gasteiger partial charge in [0.2, 0.25) is 5.91 Å². The van der Waals surface area contributed by atoms with Gasteiger partial charge in [0.05, 0.1) is 6.26 Å². The Morgan fingerprint density at radius 3 is 2.21 bits per heavy atom. The molecular weight excluding hydrogens is 370 g/mol. The highest BCUT2D eigenvalue weighted by molar-refractivity contribution is 5.98. The number of hydrogen-bond donors (Lipinski definition) is 1.